The summed E-state index contributed by atoms with van der Waals surface area (Å²) in [5.41, 5.74) is 1.13. The van der Waals surface area contributed by atoms with Gasteiger partial charge in [0.15, 0.2) is 0 Å². The smallest absolute Gasteiger partial charge is 0.264 e. The molecule has 33 heavy (non-hydrogen) atoms. The first-order chi connectivity index (χ1) is 15.7. The molecule has 2 N–H and O–H groups in total. The molecule has 0 saturated carbocycles. The molecule has 0 saturated heterocycles. The number of ether oxygens (including phenoxy) is 1. The fraction of sp³-hybridized carbons (Fsp3) is 0.182. The Kier molecular flexibility index (Phi) is 7.23. The maximum absolute atomic E-state index is 12.4. The number of aromatic nitrogens is 2. The molecule has 3 rings (SSSR count). The van der Waals surface area contributed by atoms with Crippen LogP contribution in [0.1, 0.15) is 13.8 Å². The summed E-state index contributed by atoms with van der Waals surface area (Å²) in [6.07, 6.45) is 1.29. The molecule has 0 fully saturated rings. The van der Waals surface area contributed by atoms with Gasteiger partial charge in [0.1, 0.15) is 12.3 Å². The first-order valence-corrected chi connectivity index (χ1v) is 11.4. The Bertz CT molecular complexity index is 1320. The van der Waals surface area contributed by atoms with Gasteiger partial charge in [0.05, 0.1) is 23.5 Å². The third kappa shape index (κ3) is 6.26. The molecule has 10 nitrogen and oxygen atoms in total. The quantitative estimate of drug-likeness (QED) is 0.512. The number of hydrogen-bond acceptors (Lipinski definition) is 7. The number of hydrogen-bond donors (Lipinski definition) is 2. The highest BCUT2D eigenvalue weighted by Crippen LogP contribution is 2.19. The second-order valence-corrected chi connectivity index (χ2v) is 8.61. The van der Waals surface area contributed by atoms with Crippen molar-refractivity contribution in [1.82, 2.24) is 14.3 Å². The van der Waals surface area contributed by atoms with Gasteiger partial charge in [-0.15, -0.1) is 0 Å². The minimum Gasteiger partial charge on any atom is -0.494 e. The molecule has 0 aliphatic heterocycles. The van der Waals surface area contributed by atoms with Crippen molar-refractivity contribution in [2.24, 2.45) is 0 Å². The molecule has 0 atom stereocenters. The zero-order valence-electron chi connectivity index (χ0n) is 17.9. The Labute approximate surface area is 190 Å². The van der Waals surface area contributed by atoms with Crippen LogP contribution in [0.3, 0.4) is 0 Å². The molecule has 0 aliphatic rings. The second kappa shape index (κ2) is 10.1. The summed E-state index contributed by atoms with van der Waals surface area (Å²) in [6.45, 7) is 3.25. The molecule has 0 spiro atoms. The van der Waals surface area contributed by atoms with Crippen LogP contribution in [0.4, 0.5) is 5.69 Å². The van der Waals surface area contributed by atoms with E-state index in [1.54, 1.807) is 24.3 Å². The molecule has 1 heterocycles. The number of nitrogens with one attached hydrogen (secondary N) is 2. The highest BCUT2D eigenvalue weighted by atomic mass is 32.2. The van der Waals surface area contributed by atoms with Gasteiger partial charge in [-0.2, -0.15) is 0 Å². The molecular formula is C22H22N4O6S. The highest BCUT2D eigenvalue weighted by molar-refractivity contribution is 7.90. The van der Waals surface area contributed by atoms with Crippen LogP contribution in [0.2, 0.25) is 0 Å². The number of amides is 2. The van der Waals surface area contributed by atoms with Crippen LogP contribution in [-0.4, -0.2) is 36.4 Å². The molecule has 0 aliphatic carbocycles. The molecule has 11 heteroatoms. The summed E-state index contributed by atoms with van der Waals surface area (Å²) in [7, 11) is -3.96. The number of rotatable bonds is 8. The largest absolute Gasteiger partial charge is 0.494 e. The summed E-state index contributed by atoms with van der Waals surface area (Å²) in [4.78, 5) is 39.9. The van der Waals surface area contributed by atoms with Crippen LogP contribution >= 0.6 is 0 Å². The topological polar surface area (TPSA) is 136 Å². The van der Waals surface area contributed by atoms with Crippen molar-refractivity contribution < 1.29 is 22.7 Å². The molecule has 2 aromatic carbocycles. The fourth-order valence-electron chi connectivity index (χ4n) is 2.91. The summed E-state index contributed by atoms with van der Waals surface area (Å²) in [5, 5.41) is 2.58. The van der Waals surface area contributed by atoms with Crippen LogP contribution in [0.25, 0.3) is 11.3 Å². The average molecular weight is 471 g/mol. The van der Waals surface area contributed by atoms with Gasteiger partial charge in [0.25, 0.3) is 15.6 Å². The van der Waals surface area contributed by atoms with Crippen LogP contribution in [0.5, 0.6) is 5.75 Å². The summed E-state index contributed by atoms with van der Waals surface area (Å²) in [6, 6.07) is 13.7. The van der Waals surface area contributed by atoms with E-state index in [1.807, 2.05) is 11.6 Å². The van der Waals surface area contributed by atoms with Crippen molar-refractivity contribution >= 4 is 27.5 Å². The number of carbonyl (C=O) groups excluding carboxylic acids is 2. The van der Waals surface area contributed by atoms with E-state index in [0.29, 0.717) is 23.7 Å². The van der Waals surface area contributed by atoms with Crippen molar-refractivity contribution in [2.75, 3.05) is 11.9 Å². The molecule has 172 valence electrons. The summed E-state index contributed by atoms with van der Waals surface area (Å²) >= 11 is 0. The lowest BCUT2D eigenvalue weighted by Gasteiger charge is -2.09. The van der Waals surface area contributed by atoms with Gasteiger partial charge in [0.2, 0.25) is 11.8 Å². The standard InChI is InChI=1S/C22H22N4O6S/c1-3-32-18-8-4-16(5-9-18)20-12-22(29)26(14-23-20)13-21(28)24-17-6-10-19(11-7-17)33(30,31)25-15(2)27/h4-12,14H,3,13H2,1-2H3,(H,24,28)(H,25,27). The number of sulfonamides is 1. The maximum atomic E-state index is 12.4. The van der Waals surface area contributed by atoms with Crippen LogP contribution in [0, 0.1) is 0 Å². The van der Waals surface area contributed by atoms with Gasteiger partial charge < -0.3 is 10.1 Å². The number of benzene rings is 2. The lowest BCUT2D eigenvalue weighted by Crippen LogP contribution is -2.28. The summed E-state index contributed by atoms with van der Waals surface area (Å²) < 4.78 is 32.3. The Morgan fingerprint density at radius 2 is 1.73 bits per heavy atom. The molecular weight excluding hydrogens is 448 g/mol. The van der Waals surface area contributed by atoms with E-state index in [9.17, 15) is 22.8 Å². The van der Waals surface area contributed by atoms with E-state index in [-0.39, 0.29) is 11.4 Å². The monoisotopic (exact) mass is 470 g/mol. The number of anilines is 1. The molecule has 0 bridgehead atoms. The summed E-state index contributed by atoms with van der Waals surface area (Å²) in [5.74, 6) is -0.489. The van der Waals surface area contributed by atoms with E-state index in [1.165, 1.54) is 36.7 Å². The van der Waals surface area contributed by atoms with Crippen LogP contribution in [0.15, 0.2) is 70.6 Å². The molecule has 3 aromatic rings. The molecule has 2 amide bonds. The predicted molar refractivity (Wildman–Crippen MR) is 121 cm³/mol. The van der Waals surface area contributed by atoms with Gasteiger partial charge in [-0.3, -0.25) is 19.0 Å². The Balaban J connectivity index is 1.66. The zero-order valence-corrected chi connectivity index (χ0v) is 18.8. The van der Waals surface area contributed by atoms with E-state index in [2.05, 4.69) is 10.3 Å². The first kappa shape index (κ1) is 23.7. The van der Waals surface area contributed by atoms with Crippen molar-refractivity contribution in [1.29, 1.82) is 0 Å². The highest BCUT2D eigenvalue weighted by Gasteiger charge is 2.15. The van der Waals surface area contributed by atoms with E-state index in [0.717, 1.165) is 17.1 Å². The van der Waals surface area contributed by atoms with Crippen molar-refractivity contribution in [2.45, 2.75) is 25.3 Å². The third-order valence-electron chi connectivity index (χ3n) is 4.38. The molecule has 0 unspecified atom stereocenters. The third-order valence-corrected chi connectivity index (χ3v) is 5.83. The SMILES string of the molecule is CCOc1ccc(-c2cc(=O)n(CC(=O)Nc3ccc(S(=O)(=O)NC(C)=O)cc3)cn2)cc1. The maximum Gasteiger partial charge on any atom is 0.264 e. The predicted octanol–water partition coefficient (Wildman–Crippen LogP) is 1.77. The average Bonchev–Trinajstić information content (AvgIpc) is 2.75. The fourth-order valence-corrected chi connectivity index (χ4v) is 3.90. The van der Waals surface area contributed by atoms with E-state index >= 15 is 0 Å². The Morgan fingerprint density at radius 3 is 2.30 bits per heavy atom. The lowest BCUT2D eigenvalue weighted by molar-refractivity contribution is -0.117. The molecule has 1 aromatic heterocycles. The lowest BCUT2D eigenvalue weighted by atomic mass is 10.1. The van der Waals surface area contributed by atoms with Crippen molar-refractivity contribution in [3.05, 3.63) is 71.3 Å². The molecule has 0 radical (unpaired) electrons. The second-order valence-electron chi connectivity index (χ2n) is 6.93. The van der Waals surface area contributed by atoms with Gasteiger partial charge >= 0.3 is 0 Å². The minimum atomic E-state index is -3.96. The van der Waals surface area contributed by atoms with E-state index < -0.39 is 27.4 Å². The van der Waals surface area contributed by atoms with Crippen LogP contribution < -0.4 is 20.3 Å². The number of carbonyl (C=O) groups is 2. The minimum absolute atomic E-state index is 0.124. The van der Waals surface area contributed by atoms with Gasteiger partial charge in [0, 0.05) is 24.2 Å². The van der Waals surface area contributed by atoms with Crippen LogP contribution in [-0.2, 0) is 26.2 Å². The van der Waals surface area contributed by atoms with Crippen molar-refractivity contribution in [3.63, 3.8) is 0 Å². The Morgan fingerprint density at radius 1 is 1.06 bits per heavy atom. The normalized spacial score (nSPS) is 11.0. The van der Waals surface area contributed by atoms with E-state index in [4.69, 9.17) is 4.74 Å². The zero-order chi connectivity index (χ0) is 24.0. The van der Waals surface area contributed by atoms with Crippen molar-refractivity contribution in [3.8, 4) is 17.0 Å². The number of nitrogens with zero attached hydrogens (tertiary/aromatic N) is 2. The van der Waals surface area contributed by atoms with Gasteiger partial charge in [-0.1, -0.05) is 0 Å². The Hall–Kier alpha value is -3.99. The first-order valence-electron chi connectivity index (χ1n) is 9.91. The van der Waals surface area contributed by atoms with Gasteiger partial charge in [-0.05, 0) is 55.5 Å². The van der Waals surface area contributed by atoms with Gasteiger partial charge in [-0.25, -0.2) is 18.1 Å².